The Morgan fingerprint density at radius 2 is 1.80 bits per heavy atom. The smallest absolute Gasteiger partial charge is 0.167 e. The van der Waals surface area contributed by atoms with Crippen LogP contribution >= 0.6 is 0 Å². The normalized spacial score (nSPS) is 12.5. The molecule has 2 aromatic rings. The lowest BCUT2D eigenvalue weighted by molar-refractivity contribution is 0.182. The molecule has 0 bridgehead atoms. The zero-order valence-corrected chi connectivity index (χ0v) is 14.5. The van der Waals surface area contributed by atoms with Crippen molar-refractivity contribution in [1.29, 1.82) is 0 Å². The van der Waals surface area contributed by atoms with Gasteiger partial charge in [0.15, 0.2) is 11.6 Å². The summed E-state index contributed by atoms with van der Waals surface area (Å²) in [5, 5.41) is 9.20. The number of allylic oxidation sites excluding steroid dienone is 2. The highest BCUT2D eigenvalue weighted by Crippen LogP contribution is 2.27. The van der Waals surface area contributed by atoms with E-state index in [-0.39, 0.29) is 17.2 Å². The molecule has 0 aromatic heterocycles. The monoisotopic (exact) mass is 342 g/mol. The maximum atomic E-state index is 14.4. The fraction of sp³-hybridized carbons (Fsp3) is 0.273. The molecule has 0 saturated heterocycles. The van der Waals surface area contributed by atoms with Crippen LogP contribution in [0.25, 0.3) is 17.2 Å². The summed E-state index contributed by atoms with van der Waals surface area (Å²) in [6.45, 7) is 5.43. The van der Waals surface area contributed by atoms with Crippen LogP contribution in [0.1, 0.15) is 37.3 Å². The van der Waals surface area contributed by atoms with Gasteiger partial charge < -0.3 is 5.11 Å². The van der Waals surface area contributed by atoms with Crippen molar-refractivity contribution in [2.45, 2.75) is 38.7 Å². The summed E-state index contributed by atoms with van der Waals surface area (Å²) in [4.78, 5) is 0. The SMILES string of the molecule is C=CCc1ccc(-c2ccc(/C=C/CCCC(C)O)c(F)c2F)cc1. The van der Waals surface area contributed by atoms with Gasteiger partial charge in [0.2, 0.25) is 0 Å². The van der Waals surface area contributed by atoms with Crippen LogP contribution in [0.15, 0.2) is 55.1 Å². The molecule has 1 unspecified atom stereocenters. The largest absolute Gasteiger partial charge is 0.393 e. The second-order valence-corrected chi connectivity index (χ2v) is 6.20. The van der Waals surface area contributed by atoms with Gasteiger partial charge in [-0.05, 0) is 43.7 Å². The molecule has 0 aliphatic heterocycles. The topological polar surface area (TPSA) is 20.2 Å². The standard InChI is InChI=1S/C22H24F2O/c1-3-7-17-10-12-18(13-11-17)20-15-14-19(21(23)22(20)24)9-6-4-5-8-16(2)25/h3,6,9-16,25H,1,4-5,7-8H2,2H3/b9-6+. The molecule has 0 heterocycles. The van der Waals surface area contributed by atoms with Crippen LogP contribution in [0.2, 0.25) is 0 Å². The summed E-state index contributed by atoms with van der Waals surface area (Å²) in [5.74, 6) is -1.66. The molecule has 0 aliphatic carbocycles. The Balaban J connectivity index is 2.13. The van der Waals surface area contributed by atoms with Crippen molar-refractivity contribution in [2.75, 3.05) is 0 Å². The molecule has 0 aliphatic rings. The van der Waals surface area contributed by atoms with Crippen LogP contribution in [-0.2, 0) is 6.42 Å². The Bertz CT molecular complexity index is 730. The van der Waals surface area contributed by atoms with Crippen molar-refractivity contribution in [1.82, 2.24) is 0 Å². The van der Waals surface area contributed by atoms with E-state index in [4.69, 9.17) is 0 Å². The summed E-state index contributed by atoms with van der Waals surface area (Å²) in [6.07, 6.45) is 7.85. The highest BCUT2D eigenvalue weighted by molar-refractivity contribution is 5.67. The van der Waals surface area contributed by atoms with E-state index in [1.54, 1.807) is 43.3 Å². The van der Waals surface area contributed by atoms with Crippen molar-refractivity contribution in [2.24, 2.45) is 0 Å². The van der Waals surface area contributed by atoms with Crippen molar-refractivity contribution < 1.29 is 13.9 Å². The maximum Gasteiger partial charge on any atom is 0.167 e. The Morgan fingerprint density at radius 3 is 2.44 bits per heavy atom. The lowest BCUT2D eigenvalue weighted by atomic mass is 10.00. The molecular weight excluding hydrogens is 318 g/mol. The van der Waals surface area contributed by atoms with E-state index in [0.717, 1.165) is 24.8 Å². The second-order valence-electron chi connectivity index (χ2n) is 6.20. The molecule has 25 heavy (non-hydrogen) atoms. The van der Waals surface area contributed by atoms with E-state index in [2.05, 4.69) is 6.58 Å². The van der Waals surface area contributed by atoms with Gasteiger partial charge in [0.25, 0.3) is 0 Å². The van der Waals surface area contributed by atoms with Gasteiger partial charge in [-0.1, -0.05) is 54.6 Å². The van der Waals surface area contributed by atoms with E-state index in [1.807, 2.05) is 18.2 Å². The molecule has 2 aromatic carbocycles. The number of hydrogen-bond donors (Lipinski definition) is 1. The number of rotatable bonds is 8. The van der Waals surface area contributed by atoms with Gasteiger partial charge in [-0.2, -0.15) is 0 Å². The maximum absolute atomic E-state index is 14.4. The van der Waals surface area contributed by atoms with Crippen molar-refractivity contribution in [3.63, 3.8) is 0 Å². The van der Waals surface area contributed by atoms with E-state index in [9.17, 15) is 13.9 Å². The molecule has 1 atom stereocenters. The Labute approximate surface area is 148 Å². The molecule has 132 valence electrons. The van der Waals surface area contributed by atoms with Gasteiger partial charge in [-0.3, -0.25) is 0 Å². The van der Waals surface area contributed by atoms with E-state index < -0.39 is 11.6 Å². The lowest BCUT2D eigenvalue weighted by Gasteiger charge is -2.08. The first-order valence-electron chi connectivity index (χ1n) is 8.55. The average molecular weight is 342 g/mol. The minimum atomic E-state index is -0.834. The van der Waals surface area contributed by atoms with E-state index in [1.165, 1.54) is 0 Å². The van der Waals surface area contributed by atoms with Crippen LogP contribution in [0.5, 0.6) is 0 Å². The first-order chi connectivity index (χ1) is 12.0. The van der Waals surface area contributed by atoms with Gasteiger partial charge in [0, 0.05) is 11.1 Å². The molecule has 0 fully saturated rings. The third kappa shape index (κ3) is 5.36. The van der Waals surface area contributed by atoms with Crippen LogP contribution in [0.3, 0.4) is 0 Å². The van der Waals surface area contributed by atoms with Crippen molar-refractivity contribution in [3.8, 4) is 11.1 Å². The first-order valence-corrected chi connectivity index (χ1v) is 8.55. The minimum absolute atomic E-state index is 0.238. The van der Waals surface area contributed by atoms with Gasteiger partial charge in [0.05, 0.1) is 6.10 Å². The minimum Gasteiger partial charge on any atom is -0.393 e. The van der Waals surface area contributed by atoms with Crippen LogP contribution in [-0.4, -0.2) is 11.2 Å². The summed E-state index contributed by atoms with van der Waals surface area (Å²) in [6, 6.07) is 10.6. The summed E-state index contributed by atoms with van der Waals surface area (Å²) >= 11 is 0. The number of unbranched alkanes of at least 4 members (excludes halogenated alkanes) is 1. The van der Waals surface area contributed by atoms with Crippen molar-refractivity contribution >= 4 is 6.08 Å². The van der Waals surface area contributed by atoms with E-state index >= 15 is 0 Å². The second kappa shape index (κ2) is 9.28. The molecule has 1 N–H and O–H groups in total. The number of hydrogen-bond acceptors (Lipinski definition) is 1. The third-order valence-corrected chi connectivity index (χ3v) is 4.05. The average Bonchev–Trinajstić information content (AvgIpc) is 2.59. The third-order valence-electron chi connectivity index (χ3n) is 4.05. The predicted molar refractivity (Wildman–Crippen MR) is 100 cm³/mol. The zero-order valence-electron chi connectivity index (χ0n) is 14.5. The molecular formula is C22H24F2O. The predicted octanol–water partition coefficient (Wildman–Crippen LogP) is 5.92. The van der Waals surface area contributed by atoms with Gasteiger partial charge in [-0.25, -0.2) is 8.78 Å². The summed E-state index contributed by atoms with van der Waals surface area (Å²) in [7, 11) is 0. The van der Waals surface area contributed by atoms with Gasteiger partial charge >= 0.3 is 0 Å². The van der Waals surface area contributed by atoms with E-state index in [0.29, 0.717) is 12.0 Å². The number of aliphatic hydroxyl groups excluding tert-OH is 1. The number of benzene rings is 2. The first kappa shape index (κ1) is 19.1. The number of halogens is 2. The fourth-order valence-electron chi connectivity index (χ4n) is 2.64. The molecule has 0 amide bonds. The number of aliphatic hydroxyl groups is 1. The Kier molecular flexibility index (Phi) is 7.08. The molecule has 0 spiro atoms. The van der Waals surface area contributed by atoms with Crippen LogP contribution in [0, 0.1) is 11.6 Å². The Morgan fingerprint density at radius 1 is 1.08 bits per heavy atom. The Hall–Kier alpha value is -2.26. The summed E-state index contributed by atoms with van der Waals surface area (Å²) in [5.41, 5.74) is 2.23. The molecule has 3 heteroatoms. The zero-order chi connectivity index (χ0) is 18.2. The molecule has 0 saturated carbocycles. The van der Waals surface area contributed by atoms with Crippen LogP contribution < -0.4 is 0 Å². The van der Waals surface area contributed by atoms with Gasteiger partial charge in [-0.15, -0.1) is 6.58 Å². The van der Waals surface area contributed by atoms with Crippen LogP contribution in [0.4, 0.5) is 8.78 Å². The molecule has 0 radical (unpaired) electrons. The molecule has 1 nitrogen and oxygen atoms in total. The highest BCUT2D eigenvalue weighted by Gasteiger charge is 2.13. The quantitative estimate of drug-likeness (QED) is 0.466. The van der Waals surface area contributed by atoms with Crippen molar-refractivity contribution in [3.05, 3.63) is 77.9 Å². The lowest BCUT2D eigenvalue weighted by Crippen LogP contribution is -1.97. The van der Waals surface area contributed by atoms with Gasteiger partial charge in [0.1, 0.15) is 0 Å². The highest BCUT2D eigenvalue weighted by atomic mass is 19.2. The fourth-order valence-corrected chi connectivity index (χ4v) is 2.64. The summed E-state index contributed by atoms with van der Waals surface area (Å²) < 4.78 is 28.7. The molecule has 2 rings (SSSR count).